The number of nitrogens with zero attached hydrogens (tertiary/aromatic N) is 2. The number of likely N-dealkylation sites (tertiary alicyclic amines) is 2. The average Bonchev–Trinajstić information content (AvgIpc) is 3.25. The molecule has 2 atom stereocenters. The van der Waals surface area contributed by atoms with Gasteiger partial charge in [-0.25, -0.2) is 0 Å². The van der Waals surface area contributed by atoms with Gasteiger partial charge >= 0.3 is 0 Å². The molecule has 7 heteroatoms. The Balaban J connectivity index is 1.27. The van der Waals surface area contributed by atoms with Crippen LogP contribution in [0.5, 0.6) is 5.75 Å². The third kappa shape index (κ3) is 5.18. The number of carbonyl (C=O) groups excluding carboxylic acids is 3. The molecule has 0 spiro atoms. The molecule has 2 fully saturated rings. The molecule has 3 amide bonds. The summed E-state index contributed by atoms with van der Waals surface area (Å²) in [6.07, 6.45) is 1.68. The van der Waals surface area contributed by atoms with E-state index in [-0.39, 0.29) is 42.1 Å². The zero-order valence-corrected chi connectivity index (χ0v) is 19.2. The van der Waals surface area contributed by atoms with Crippen molar-refractivity contribution in [2.45, 2.75) is 38.3 Å². The van der Waals surface area contributed by atoms with Gasteiger partial charge < -0.3 is 19.9 Å². The van der Waals surface area contributed by atoms with E-state index in [9.17, 15) is 14.4 Å². The first-order valence-corrected chi connectivity index (χ1v) is 11.5. The van der Waals surface area contributed by atoms with Crippen molar-refractivity contribution < 1.29 is 19.1 Å². The minimum absolute atomic E-state index is 0.0310. The van der Waals surface area contributed by atoms with Crippen LogP contribution in [0, 0.1) is 5.92 Å². The molecule has 2 aliphatic rings. The maximum atomic E-state index is 13.1. The minimum atomic E-state index is -0.297. The summed E-state index contributed by atoms with van der Waals surface area (Å²) in [5.74, 6) is 0.376. The Hall–Kier alpha value is -3.35. The molecule has 0 saturated carbocycles. The Labute approximate surface area is 194 Å². The maximum Gasteiger partial charge on any atom is 0.251 e. The molecule has 0 aromatic heterocycles. The van der Waals surface area contributed by atoms with Crippen molar-refractivity contribution in [1.82, 2.24) is 15.1 Å². The topological polar surface area (TPSA) is 79.0 Å². The predicted octanol–water partition coefficient (Wildman–Crippen LogP) is 3.03. The molecule has 1 N–H and O–H groups in total. The molecule has 33 heavy (non-hydrogen) atoms. The third-order valence-electron chi connectivity index (χ3n) is 6.75. The Bertz CT molecular complexity index is 984. The summed E-state index contributed by atoms with van der Waals surface area (Å²) in [6, 6.07) is 16.9. The van der Waals surface area contributed by atoms with Gasteiger partial charge in [-0.15, -0.1) is 0 Å². The van der Waals surface area contributed by atoms with Crippen LogP contribution in [0.15, 0.2) is 54.6 Å². The lowest BCUT2D eigenvalue weighted by molar-refractivity contribution is -0.136. The van der Waals surface area contributed by atoms with E-state index < -0.39 is 0 Å². The van der Waals surface area contributed by atoms with Crippen LogP contribution in [0.4, 0.5) is 0 Å². The van der Waals surface area contributed by atoms with Crippen molar-refractivity contribution in [2.75, 3.05) is 26.7 Å². The Morgan fingerprint density at radius 2 is 1.70 bits per heavy atom. The molecular weight excluding hydrogens is 418 g/mol. The molecule has 0 radical (unpaired) electrons. The monoisotopic (exact) mass is 449 g/mol. The standard InChI is InChI=1S/C26H31N3O4/c1-18(19-6-4-3-5-7-19)29-17-21(16-24(29)30)26(32)28-14-12-22(13-15-28)27-25(31)20-8-10-23(33-2)11-9-20/h3-11,18,21-22H,12-17H2,1-2H3,(H,27,31). The van der Waals surface area contributed by atoms with Gasteiger partial charge in [0.25, 0.3) is 5.91 Å². The Morgan fingerprint density at radius 1 is 1.03 bits per heavy atom. The molecule has 2 aliphatic heterocycles. The number of benzene rings is 2. The van der Waals surface area contributed by atoms with Crippen molar-refractivity contribution in [1.29, 1.82) is 0 Å². The van der Waals surface area contributed by atoms with Crippen LogP contribution in [0.1, 0.15) is 48.1 Å². The van der Waals surface area contributed by atoms with Crippen molar-refractivity contribution in [3.8, 4) is 5.75 Å². The quantitative estimate of drug-likeness (QED) is 0.735. The van der Waals surface area contributed by atoms with Crippen molar-refractivity contribution >= 4 is 17.7 Å². The largest absolute Gasteiger partial charge is 0.497 e. The first-order chi connectivity index (χ1) is 16.0. The second-order valence-electron chi connectivity index (χ2n) is 8.84. The number of ether oxygens (including phenoxy) is 1. The minimum Gasteiger partial charge on any atom is -0.497 e. The Kier molecular flexibility index (Phi) is 6.96. The smallest absolute Gasteiger partial charge is 0.251 e. The normalized spacial score (nSPS) is 19.9. The second-order valence-corrected chi connectivity index (χ2v) is 8.84. The molecule has 0 aliphatic carbocycles. The van der Waals surface area contributed by atoms with Crippen LogP contribution >= 0.6 is 0 Å². The highest BCUT2D eigenvalue weighted by atomic mass is 16.5. The number of carbonyl (C=O) groups is 3. The zero-order chi connectivity index (χ0) is 23.4. The van der Waals surface area contributed by atoms with E-state index in [0.29, 0.717) is 43.8 Å². The lowest BCUT2D eigenvalue weighted by atomic mass is 10.0. The molecule has 4 rings (SSSR count). The number of piperidine rings is 1. The molecule has 2 aromatic carbocycles. The molecule has 2 unspecified atom stereocenters. The zero-order valence-electron chi connectivity index (χ0n) is 19.2. The number of methoxy groups -OCH3 is 1. The van der Waals surface area contributed by atoms with Gasteiger partial charge in [-0.3, -0.25) is 14.4 Å². The number of amides is 3. The molecule has 2 saturated heterocycles. The summed E-state index contributed by atoms with van der Waals surface area (Å²) < 4.78 is 5.13. The number of hydrogen-bond acceptors (Lipinski definition) is 4. The lowest BCUT2D eigenvalue weighted by Crippen LogP contribution is -2.48. The first kappa shape index (κ1) is 22.8. The number of nitrogens with one attached hydrogen (secondary N) is 1. The van der Waals surface area contributed by atoms with E-state index in [0.717, 1.165) is 5.56 Å². The van der Waals surface area contributed by atoms with Crippen molar-refractivity contribution in [3.05, 3.63) is 65.7 Å². The van der Waals surface area contributed by atoms with Gasteiger partial charge in [-0.2, -0.15) is 0 Å². The van der Waals surface area contributed by atoms with E-state index in [1.807, 2.05) is 47.1 Å². The van der Waals surface area contributed by atoms with Gasteiger partial charge in [0.15, 0.2) is 0 Å². The summed E-state index contributed by atoms with van der Waals surface area (Å²) >= 11 is 0. The van der Waals surface area contributed by atoms with E-state index in [4.69, 9.17) is 4.74 Å². The van der Waals surface area contributed by atoms with Gasteiger partial charge in [-0.1, -0.05) is 30.3 Å². The van der Waals surface area contributed by atoms with Crippen LogP contribution in [0.25, 0.3) is 0 Å². The molecular formula is C26H31N3O4. The van der Waals surface area contributed by atoms with Gasteiger partial charge in [0.2, 0.25) is 11.8 Å². The van der Waals surface area contributed by atoms with E-state index in [1.54, 1.807) is 31.4 Å². The lowest BCUT2D eigenvalue weighted by Gasteiger charge is -2.34. The molecule has 0 bridgehead atoms. The van der Waals surface area contributed by atoms with Crippen LogP contribution in [0.2, 0.25) is 0 Å². The Morgan fingerprint density at radius 3 is 2.33 bits per heavy atom. The number of hydrogen-bond donors (Lipinski definition) is 1. The summed E-state index contributed by atoms with van der Waals surface area (Å²) in [4.78, 5) is 41.9. The fourth-order valence-electron chi connectivity index (χ4n) is 4.70. The van der Waals surface area contributed by atoms with Crippen LogP contribution in [-0.4, -0.2) is 60.3 Å². The fourth-order valence-corrected chi connectivity index (χ4v) is 4.70. The van der Waals surface area contributed by atoms with Crippen molar-refractivity contribution in [3.63, 3.8) is 0 Å². The highest BCUT2D eigenvalue weighted by Gasteiger charge is 2.39. The van der Waals surface area contributed by atoms with E-state index in [2.05, 4.69) is 5.32 Å². The highest BCUT2D eigenvalue weighted by molar-refractivity contribution is 5.94. The molecule has 7 nitrogen and oxygen atoms in total. The average molecular weight is 450 g/mol. The molecule has 2 heterocycles. The summed E-state index contributed by atoms with van der Waals surface area (Å²) in [7, 11) is 1.59. The predicted molar refractivity (Wildman–Crippen MR) is 125 cm³/mol. The van der Waals surface area contributed by atoms with Crippen LogP contribution < -0.4 is 10.1 Å². The number of rotatable bonds is 6. The summed E-state index contributed by atoms with van der Waals surface area (Å²) in [5.41, 5.74) is 1.67. The van der Waals surface area contributed by atoms with Gasteiger partial charge in [0, 0.05) is 37.7 Å². The molecule has 2 aromatic rings. The van der Waals surface area contributed by atoms with Gasteiger partial charge in [0.1, 0.15) is 5.75 Å². The second kappa shape index (κ2) is 10.1. The van der Waals surface area contributed by atoms with Crippen LogP contribution in [0.3, 0.4) is 0 Å². The SMILES string of the molecule is COc1ccc(C(=O)NC2CCN(C(=O)C3CC(=O)N(C(C)c4ccccc4)C3)CC2)cc1. The fraction of sp³-hybridized carbons (Fsp3) is 0.423. The maximum absolute atomic E-state index is 13.1. The van der Waals surface area contributed by atoms with Gasteiger partial charge in [-0.05, 0) is 49.6 Å². The summed E-state index contributed by atoms with van der Waals surface area (Å²) in [5, 5.41) is 3.07. The van der Waals surface area contributed by atoms with Crippen molar-refractivity contribution in [2.24, 2.45) is 5.92 Å². The highest BCUT2D eigenvalue weighted by Crippen LogP contribution is 2.30. The van der Waals surface area contributed by atoms with Crippen LogP contribution in [-0.2, 0) is 9.59 Å². The van der Waals surface area contributed by atoms with E-state index in [1.165, 1.54) is 0 Å². The summed E-state index contributed by atoms with van der Waals surface area (Å²) in [6.45, 7) is 3.65. The van der Waals surface area contributed by atoms with Gasteiger partial charge in [0.05, 0.1) is 19.1 Å². The first-order valence-electron chi connectivity index (χ1n) is 11.5. The van der Waals surface area contributed by atoms with E-state index >= 15 is 0 Å². The third-order valence-corrected chi connectivity index (χ3v) is 6.75. The molecule has 174 valence electrons.